The number of benzene rings is 2. The molecule has 1 heterocycles. The molecule has 2 aromatic rings. The Hall–Kier alpha value is -2.82. The average Bonchev–Trinajstić information content (AvgIpc) is 3.58. The molecule has 1 aliphatic heterocycles. The summed E-state index contributed by atoms with van der Waals surface area (Å²) in [6, 6.07) is 14.8. The van der Waals surface area contributed by atoms with Gasteiger partial charge in [-0.05, 0) is 69.0 Å². The molecule has 2 aromatic carbocycles. The SMILES string of the molecule is CC1(NCCCCC(NC(=O)c2ccccc2)C(=O)N2CCN(S(C)(=O)=O)CC2)CC1c1ccc(F)cc1. The number of unbranched alkanes of at least 4 members (excludes halogenated alkanes) is 1. The summed E-state index contributed by atoms with van der Waals surface area (Å²) in [5.41, 5.74) is 1.60. The van der Waals surface area contributed by atoms with Gasteiger partial charge in [-0.1, -0.05) is 30.3 Å². The van der Waals surface area contributed by atoms with E-state index in [9.17, 15) is 22.4 Å². The van der Waals surface area contributed by atoms with Gasteiger partial charge in [0.25, 0.3) is 5.91 Å². The second-order valence-electron chi connectivity index (χ2n) is 10.5. The van der Waals surface area contributed by atoms with Crippen LogP contribution in [0, 0.1) is 5.82 Å². The van der Waals surface area contributed by atoms with Crippen molar-refractivity contribution in [1.29, 1.82) is 0 Å². The normalized spacial score (nSPS) is 22.6. The van der Waals surface area contributed by atoms with Crippen LogP contribution in [0.25, 0.3) is 0 Å². The summed E-state index contributed by atoms with van der Waals surface area (Å²) in [4.78, 5) is 27.9. The molecule has 3 unspecified atom stereocenters. The van der Waals surface area contributed by atoms with Gasteiger partial charge in [0.05, 0.1) is 6.26 Å². The minimum Gasteiger partial charge on any atom is -0.340 e. The van der Waals surface area contributed by atoms with E-state index in [4.69, 9.17) is 0 Å². The van der Waals surface area contributed by atoms with Crippen LogP contribution >= 0.6 is 0 Å². The minimum atomic E-state index is -3.30. The highest BCUT2D eigenvalue weighted by Gasteiger charge is 2.50. The molecule has 0 radical (unpaired) electrons. The van der Waals surface area contributed by atoms with Gasteiger partial charge in [-0.3, -0.25) is 9.59 Å². The van der Waals surface area contributed by atoms with Crippen molar-refractivity contribution < 1.29 is 22.4 Å². The molecule has 1 saturated heterocycles. The van der Waals surface area contributed by atoms with Crippen LogP contribution in [-0.2, 0) is 14.8 Å². The van der Waals surface area contributed by atoms with Crippen molar-refractivity contribution in [3.8, 4) is 0 Å². The fourth-order valence-electron chi connectivity index (χ4n) is 5.14. The Morgan fingerprint density at radius 2 is 1.68 bits per heavy atom. The molecule has 38 heavy (non-hydrogen) atoms. The molecule has 2 amide bonds. The van der Waals surface area contributed by atoms with Gasteiger partial charge in [0.15, 0.2) is 0 Å². The molecule has 2 aliphatic rings. The van der Waals surface area contributed by atoms with Gasteiger partial charge in [-0.15, -0.1) is 0 Å². The number of hydrogen-bond acceptors (Lipinski definition) is 5. The first-order valence-electron chi connectivity index (χ1n) is 13.2. The van der Waals surface area contributed by atoms with Crippen molar-refractivity contribution in [2.45, 2.75) is 50.1 Å². The van der Waals surface area contributed by atoms with Crippen molar-refractivity contribution in [3.05, 3.63) is 71.5 Å². The molecular weight excluding hydrogens is 507 g/mol. The van der Waals surface area contributed by atoms with E-state index in [1.54, 1.807) is 29.2 Å². The van der Waals surface area contributed by atoms with E-state index in [1.165, 1.54) is 22.7 Å². The van der Waals surface area contributed by atoms with Gasteiger partial charge >= 0.3 is 0 Å². The largest absolute Gasteiger partial charge is 0.340 e. The van der Waals surface area contributed by atoms with Crippen molar-refractivity contribution in [1.82, 2.24) is 19.8 Å². The highest BCUT2D eigenvalue weighted by molar-refractivity contribution is 7.88. The van der Waals surface area contributed by atoms with Gasteiger partial charge < -0.3 is 15.5 Å². The fraction of sp³-hybridized carbons (Fsp3) is 0.500. The van der Waals surface area contributed by atoms with Crippen LogP contribution in [0.3, 0.4) is 0 Å². The summed E-state index contributed by atoms with van der Waals surface area (Å²) in [5, 5.41) is 6.52. The highest BCUT2D eigenvalue weighted by Crippen LogP contribution is 2.51. The third-order valence-corrected chi connectivity index (χ3v) is 8.92. The van der Waals surface area contributed by atoms with Crippen molar-refractivity contribution >= 4 is 21.8 Å². The van der Waals surface area contributed by atoms with Crippen LogP contribution in [0.5, 0.6) is 0 Å². The number of rotatable bonds is 11. The average molecular weight is 545 g/mol. The van der Waals surface area contributed by atoms with Crippen LogP contribution in [0.15, 0.2) is 54.6 Å². The maximum atomic E-state index is 13.4. The number of amides is 2. The van der Waals surface area contributed by atoms with E-state index in [0.717, 1.165) is 31.4 Å². The Labute approximate surface area is 224 Å². The standard InChI is InChI=1S/C28H37FN4O4S/c1-28(20-24(28)21-11-13-23(29)14-12-21)30-15-7-6-10-25(31-26(34)22-8-4-3-5-9-22)27(35)32-16-18-33(19-17-32)38(2,36)37/h3-5,8-9,11-14,24-25,30H,6-7,10,15-20H2,1-2H3,(H,31,34). The Morgan fingerprint density at radius 3 is 2.32 bits per heavy atom. The van der Waals surface area contributed by atoms with Crippen molar-refractivity contribution in [2.24, 2.45) is 0 Å². The summed E-state index contributed by atoms with van der Waals surface area (Å²) in [7, 11) is -3.30. The Balaban J connectivity index is 1.29. The number of nitrogens with one attached hydrogen (secondary N) is 2. The van der Waals surface area contributed by atoms with Crippen LogP contribution < -0.4 is 10.6 Å². The van der Waals surface area contributed by atoms with Crippen LogP contribution in [0.4, 0.5) is 4.39 Å². The van der Waals surface area contributed by atoms with Crippen molar-refractivity contribution in [2.75, 3.05) is 39.0 Å². The van der Waals surface area contributed by atoms with E-state index in [1.807, 2.05) is 18.2 Å². The molecule has 0 aromatic heterocycles. The first-order valence-corrected chi connectivity index (χ1v) is 15.0. The second-order valence-corrected chi connectivity index (χ2v) is 12.5. The quantitative estimate of drug-likeness (QED) is 0.424. The van der Waals surface area contributed by atoms with E-state index >= 15 is 0 Å². The number of hydrogen-bond donors (Lipinski definition) is 2. The third kappa shape index (κ3) is 7.18. The zero-order valence-corrected chi connectivity index (χ0v) is 22.8. The maximum absolute atomic E-state index is 13.4. The molecule has 10 heteroatoms. The Kier molecular flexibility index (Phi) is 8.85. The smallest absolute Gasteiger partial charge is 0.251 e. The summed E-state index contributed by atoms with van der Waals surface area (Å²) < 4.78 is 38.3. The van der Waals surface area contributed by atoms with Gasteiger partial charge in [-0.25, -0.2) is 12.8 Å². The molecule has 1 aliphatic carbocycles. The van der Waals surface area contributed by atoms with E-state index in [-0.39, 0.29) is 36.3 Å². The van der Waals surface area contributed by atoms with Crippen molar-refractivity contribution in [3.63, 3.8) is 0 Å². The summed E-state index contributed by atoms with van der Waals surface area (Å²) >= 11 is 0. The lowest BCUT2D eigenvalue weighted by molar-refractivity contribution is -0.134. The minimum absolute atomic E-state index is 0.0200. The molecule has 206 valence electrons. The molecule has 1 saturated carbocycles. The fourth-order valence-corrected chi connectivity index (χ4v) is 5.96. The van der Waals surface area contributed by atoms with E-state index in [2.05, 4.69) is 17.6 Å². The molecule has 0 bridgehead atoms. The van der Waals surface area contributed by atoms with Gasteiger partial charge in [0, 0.05) is 43.2 Å². The number of sulfonamides is 1. The third-order valence-electron chi connectivity index (χ3n) is 7.62. The zero-order valence-electron chi connectivity index (χ0n) is 22.0. The number of nitrogens with zero attached hydrogens (tertiary/aromatic N) is 2. The number of halogens is 1. The number of piperazine rings is 1. The first kappa shape index (κ1) is 28.2. The van der Waals surface area contributed by atoms with Crippen LogP contribution in [0.2, 0.25) is 0 Å². The zero-order chi connectivity index (χ0) is 27.3. The molecule has 0 spiro atoms. The van der Waals surface area contributed by atoms with Crippen LogP contribution in [0.1, 0.15) is 54.4 Å². The molecule has 2 fully saturated rings. The molecular formula is C28H37FN4O4S. The van der Waals surface area contributed by atoms with Gasteiger partial charge in [0.1, 0.15) is 11.9 Å². The second kappa shape index (κ2) is 11.9. The summed E-state index contributed by atoms with van der Waals surface area (Å²) in [6.45, 7) is 4.05. The summed E-state index contributed by atoms with van der Waals surface area (Å²) in [6.07, 6.45) is 4.22. The predicted octanol–water partition coefficient (Wildman–Crippen LogP) is 2.73. The lowest BCUT2D eigenvalue weighted by Gasteiger charge is -2.35. The van der Waals surface area contributed by atoms with Crippen LogP contribution in [-0.4, -0.2) is 80.0 Å². The maximum Gasteiger partial charge on any atom is 0.251 e. The Bertz CT molecular complexity index is 1220. The first-order chi connectivity index (χ1) is 18.1. The highest BCUT2D eigenvalue weighted by atomic mass is 32.2. The predicted molar refractivity (Wildman–Crippen MR) is 145 cm³/mol. The Morgan fingerprint density at radius 1 is 1.03 bits per heavy atom. The monoisotopic (exact) mass is 544 g/mol. The number of carbonyl (C=O) groups is 2. The van der Waals surface area contributed by atoms with E-state index < -0.39 is 16.1 Å². The van der Waals surface area contributed by atoms with Gasteiger partial charge in [0.2, 0.25) is 15.9 Å². The molecule has 8 nitrogen and oxygen atoms in total. The lowest BCUT2D eigenvalue weighted by Crippen LogP contribution is -2.55. The topological polar surface area (TPSA) is 98.8 Å². The molecule has 2 N–H and O–H groups in total. The van der Waals surface area contributed by atoms with Gasteiger partial charge in [-0.2, -0.15) is 4.31 Å². The number of carbonyl (C=O) groups excluding carboxylic acids is 2. The molecule has 4 rings (SSSR count). The lowest BCUT2D eigenvalue weighted by atomic mass is 10.1. The van der Waals surface area contributed by atoms with E-state index in [0.29, 0.717) is 31.0 Å². The molecule has 3 atom stereocenters. The summed E-state index contributed by atoms with van der Waals surface area (Å²) in [5.74, 6) is -0.358.